The Hall–Kier alpha value is -5.90. The largest absolute Gasteiger partial charge is 0.226 e. The van der Waals surface area contributed by atoms with Crippen LogP contribution in [0.15, 0.2) is 170 Å². The Morgan fingerprint density at radius 3 is 1.64 bits per heavy atom. The van der Waals surface area contributed by atoms with Gasteiger partial charge in [0.15, 0.2) is 5.82 Å². The van der Waals surface area contributed by atoms with Gasteiger partial charge in [-0.05, 0) is 62.4 Å². The monoisotopic (exact) mass is 616 g/mol. The molecule has 9 aromatic rings. The van der Waals surface area contributed by atoms with Crippen molar-refractivity contribution >= 4 is 42.4 Å². The van der Waals surface area contributed by atoms with Crippen LogP contribution >= 0.6 is 11.3 Å². The molecule has 2 heterocycles. The van der Waals surface area contributed by atoms with E-state index in [4.69, 9.17) is 9.97 Å². The highest BCUT2D eigenvalue weighted by Crippen LogP contribution is 2.42. The molecule has 0 aliphatic carbocycles. The molecule has 0 saturated carbocycles. The van der Waals surface area contributed by atoms with Gasteiger partial charge in [-0.25, -0.2) is 9.97 Å². The average molecular weight is 617 g/mol. The van der Waals surface area contributed by atoms with Crippen LogP contribution in [0.5, 0.6) is 0 Å². The molecule has 0 saturated heterocycles. The van der Waals surface area contributed by atoms with Crippen molar-refractivity contribution in [2.75, 3.05) is 0 Å². The van der Waals surface area contributed by atoms with E-state index in [9.17, 15) is 0 Å². The number of hydrogen-bond donors (Lipinski definition) is 0. The summed E-state index contributed by atoms with van der Waals surface area (Å²) >= 11 is 1.78. The van der Waals surface area contributed by atoms with Crippen LogP contribution < -0.4 is 0 Å². The van der Waals surface area contributed by atoms with Crippen molar-refractivity contribution in [3.05, 3.63) is 170 Å². The first-order chi connectivity index (χ1) is 23.3. The van der Waals surface area contributed by atoms with Crippen LogP contribution in [-0.2, 0) is 0 Å². The molecule has 0 aliphatic heterocycles. The summed E-state index contributed by atoms with van der Waals surface area (Å²) in [6.07, 6.45) is 0. The van der Waals surface area contributed by atoms with Crippen molar-refractivity contribution in [1.29, 1.82) is 0 Å². The highest BCUT2D eigenvalue weighted by Gasteiger charge is 2.18. The molecule has 9 rings (SSSR count). The molecule has 0 radical (unpaired) electrons. The van der Waals surface area contributed by atoms with E-state index in [1.807, 2.05) is 0 Å². The Morgan fingerprint density at radius 2 is 0.915 bits per heavy atom. The lowest BCUT2D eigenvalue weighted by Crippen LogP contribution is -1.94. The summed E-state index contributed by atoms with van der Waals surface area (Å²) < 4.78 is 2.35. The fourth-order valence-electron chi connectivity index (χ4n) is 6.53. The van der Waals surface area contributed by atoms with Crippen LogP contribution in [0.25, 0.3) is 87.1 Å². The molecule has 2 nitrogen and oxygen atoms in total. The van der Waals surface area contributed by atoms with E-state index in [2.05, 4.69) is 170 Å². The van der Waals surface area contributed by atoms with E-state index in [0.717, 1.165) is 44.0 Å². The number of hydrogen-bond acceptors (Lipinski definition) is 3. The molecule has 0 N–H and O–H groups in total. The van der Waals surface area contributed by atoms with Gasteiger partial charge in [0.2, 0.25) is 0 Å². The third-order valence-corrected chi connectivity index (χ3v) is 10.0. The number of thiophene rings is 1. The SMILES string of the molecule is c1ccc(-c2ccc(-c3cccc(-c4cccc(-c5nc(-c6ccccc6)c6sc7ccc8ccccc8c7c6n5)c4)c3)cc2)cc1. The molecule has 7 aromatic carbocycles. The van der Waals surface area contributed by atoms with Crippen LogP contribution in [-0.4, -0.2) is 9.97 Å². The molecule has 2 aromatic heterocycles. The normalized spacial score (nSPS) is 11.4. The maximum absolute atomic E-state index is 5.30. The van der Waals surface area contributed by atoms with E-state index >= 15 is 0 Å². The summed E-state index contributed by atoms with van der Waals surface area (Å²) in [4.78, 5) is 10.6. The quantitative estimate of drug-likeness (QED) is 0.192. The lowest BCUT2D eigenvalue weighted by atomic mass is 9.96. The van der Waals surface area contributed by atoms with Crippen LogP contribution in [0.3, 0.4) is 0 Å². The maximum Gasteiger partial charge on any atom is 0.160 e. The molecule has 0 amide bonds. The van der Waals surface area contributed by atoms with Crippen LogP contribution in [0.4, 0.5) is 0 Å². The lowest BCUT2D eigenvalue weighted by molar-refractivity contribution is 1.24. The van der Waals surface area contributed by atoms with Gasteiger partial charge in [-0.3, -0.25) is 0 Å². The highest BCUT2D eigenvalue weighted by molar-refractivity contribution is 7.26. The zero-order chi connectivity index (χ0) is 31.2. The van der Waals surface area contributed by atoms with E-state index in [1.165, 1.54) is 43.1 Å². The Morgan fingerprint density at radius 1 is 0.383 bits per heavy atom. The molecule has 0 bridgehead atoms. The van der Waals surface area contributed by atoms with E-state index in [0.29, 0.717) is 0 Å². The van der Waals surface area contributed by atoms with Crippen LogP contribution in [0, 0.1) is 0 Å². The number of fused-ring (bicyclic) bond motifs is 5. The summed E-state index contributed by atoms with van der Waals surface area (Å²) in [6.45, 7) is 0. The molecule has 0 fully saturated rings. The zero-order valence-electron chi connectivity index (χ0n) is 25.5. The van der Waals surface area contributed by atoms with Crippen LogP contribution in [0.2, 0.25) is 0 Å². The molecule has 47 heavy (non-hydrogen) atoms. The van der Waals surface area contributed by atoms with Gasteiger partial charge in [-0.2, -0.15) is 0 Å². The van der Waals surface area contributed by atoms with Gasteiger partial charge in [-0.1, -0.05) is 152 Å². The van der Waals surface area contributed by atoms with Crippen molar-refractivity contribution in [3.8, 4) is 56.0 Å². The van der Waals surface area contributed by atoms with Gasteiger partial charge in [0, 0.05) is 21.2 Å². The summed E-state index contributed by atoms with van der Waals surface area (Å²) in [5.74, 6) is 0.735. The second-order valence-corrected chi connectivity index (χ2v) is 12.9. The Labute approximate surface area is 277 Å². The molecule has 220 valence electrons. The topological polar surface area (TPSA) is 25.8 Å². The fraction of sp³-hybridized carbons (Fsp3) is 0. The average Bonchev–Trinajstić information content (AvgIpc) is 3.55. The van der Waals surface area contributed by atoms with Gasteiger partial charge < -0.3 is 0 Å². The van der Waals surface area contributed by atoms with Gasteiger partial charge in [0.25, 0.3) is 0 Å². The second-order valence-electron chi connectivity index (χ2n) is 11.8. The van der Waals surface area contributed by atoms with Crippen molar-refractivity contribution in [3.63, 3.8) is 0 Å². The standard InChI is InChI=1S/C44H28N2S/c1-3-11-29(12-4-1)30-21-23-31(24-22-30)34-16-9-17-35(27-34)36-18-10-19-37(28-36)44-45-41(33-14-5-2-6-15-33)43-42(46-44)40-38-20-8-7-13-32(38)25-26-39(40)47-43/h1-28H. The van der Waals surface area contributed by atoms with Crippen LogP contribution in [0.1, 0.15) is 0 Å². The van der Waals surface area contributed by atoms with Crippen molar-refractivity contribution in [2.24, 2.45) is 0 Å². The highest BCUT2D eigenvalue weighted by atomic mass is 32.1. The molecule has 3 heteroatoms. The fourth-order valence-corrected chi connectivity index (χ4v) is 7.70. The van der Waals surface area contributed by atoms with Gasteiger partial charge >= 0.3 is 0 Å². The lowest BCUT2D eigenvalue weighted by Gasteiger charge is -2.10. The minimum atomic E-state index is 0.735. The van der Waals surface area contributed by atoms with Crippen molar-refractivity contribution < 1.29 is 0 Å². The molecular weight excluding hydrogens is 589 g/mol. The third kappa shape index (κ3) is 4.98. The maximum atomic E-state index is 5.30. The summed E-state index contributed by atoms with van der Waals surface area (Å²) in [7, 11) is 0. The smallest absolute Gasteiger partial charge is 0.160 e. The zero-order valence-corrected chi connectivity index (χ0v) is 26.3. The van der Waals surface area contributed by atoms with E-state index in [-0.39, 0.29) is 0 Å². The minimum Gasteiger partial charge on any atom is -0.226 e. The molecule has 0 unspecified atom stereocenters. The number of aromatic nitrogens is 2. The number of nitrogens with zero attached hydrogens (tertiary/aromatic N) is 2. The predicted molar refractivity (Wildman–Crippen MR) is 200 cm³/mol. The van der Waals surface area contributed by atoms with Gasteiger partial charge in [-0.15, -0.1) is 11.3 Å². The Kier molecular flexibility index (Phi) is 6.69. The first-order valence-electron chi connectivity index (χ1n) is 15.8. The number of benzene rings is 7. The summed E-state index contributed by atoms with van der Waals surface area (Å²) in [5, 5.41) is 3.64. The Bertz CT molecular complexity index is 2550. The molecule has 0 atom stereocenters. The van der Waals surface area contributed by atoms with E-state index < -0.39 is 0 Å². The first kappa shape index (κ1) is 27.4. The summed E-state index contributed by atoms with van der Waals surface area (Å²) in [5.41, 5.74) is 11.2. The Balaban J connectivity index is 1.16. The number of rotatable bonds is 5. The predicted octanol–water partition coefficient (Wildman–Crippen LogP) is 12.3. The van der Waals surface area contributed by atoms with Gasteiger partial charge in [0.1, 0.15) is 0 Å². The van der Waals surface area contributed by atoms with Crippen molar-refractivity contribution in [1.82, 2.24) is 9.97 Å². The molecule has 0 spiro atoms. The van der Waals surface area contributed by atoms with Crippen molar-refractivity contribution in [2.45, 2.75) is 0 Å². The minimum absolute atomic E-state index is 0.735. The molecular formula is C44H28N2S. The first-order valence-corrected chi connectivity index (χ1v) is 16.6. The van der Waals surface area contributed by atoms with E-state index in [1.54, 1.807) is 11.3 Å². The summed E-state index contributed by atoms with van der Waals surface area (Å²) in [6, 6.07) is 60.2. The third-order valence-electron chi connectivity index (χ3n) is 8.89. The second kappa shape index (κ2) is 11.5. The molecule has 0 aliphatic rings. The van der Waals surface area contributed by atoms with Gasteiger partial charge in [0.05, 0.1) is 15.9 Å².